The summed E-state index contributed by atoms with van der Waals surface area (Å²) in [6.07, 6.45) is 3.67. The third-order valence-electron chi connectivity index (χ3n) is 3.67. The van der Waals surface area contributed by atoms with E-state index in [1.165, 1.54) is 12.0 Å². The average molecular weight is 421 g/mol. The number of halogens is 2. The second-order valence-corrected chi connectivity index (χ2v) is 7.18. The van der Waals surface area contributed by atoms with Crippen molar-refractivity contribution < 1.29 is 9.47 Å². The highest BCUT2D eigenvalue weighted by Gasteiger charge is 2.15. The lowest BCUT2D eigenvalue weighted by Gasteiger charge is -2.16. The highest BCUT2D eigenvalue weighted by molar-refractivity contribution is 9.11. The van der Waals surface area contributed by atoms with Crippen LogP contribution < -0.4 is 5.32 Å². The van der Waals surface area contributed by atoms with Crippen LogP contribution >= 0.6 is 31.9 Å². The molecule has 21 heavy (non-hydrogen) atoms. The standard InChI is InChI=1S/C16H23Br2NO2/c1-12(15-6-5-13(17)10-16(15)18)19-7-3-8-20-11-14-4-2-9-21-14/h5-6,10,12,14,19H,2-4,7-9,11H2,1H3. The van der Waals surface area contributed by atoms with Gasteiger partial charge >= 0.3 is 0 Å². The van der Waals surface area contributed by atoms with Gasteiger partial charge in [-0.2, -0.15) is 0 Å². The van der Waals surface area contributed by atoms with Crippen molar-refractivity contribution in [2.45, 2.75) is 38.3 Å². The van der Waals surface area contributed by atoms with E-state index in [0.29, 0.717) is 12.1 Å². The number of hydrogen-bond acceptors (Lipinski definition) is 3. The molecule has 1 heterocycles. The predicted molar refractivity (Wildman–Crippen MR) is 92.7 cm³/mol. The first-order valence-electron chi connectivity index (χ1n) is 7.54. The largest absolute Gasteiger partial charge is 0.379 e. The summed E-state index contributed by atoms with van der Waals surface area (Å²) in [5, 5.41) is 3.53. The molecule has 0 radical (unpaired) electrons. The fraction of sp³-hybridized carbons (Fsp3) is 0.625. The van der Waals surface area contributed by atoms with Gasteiger partial charge in [0.2, 0.25) is 0 Å². The normalized spacial score (nSPS) is 19.9. The van der Waals surface area contributed by atoms with Crippen molar-refractivity contribution in [3.63, 3.8) is 0 Å². The van der Waals surface area contributed by atoms with Crippen LogP contribution in [0.1, 0.15) is 37.8 Å². The Morgan fingerprint density at radius 3 is 3.00 bits per heavy atom. The van der Waals surface area contributed by atoms with Gasteiger partial charge in [0, 0.05) is 28.2 Å². The van der Waals surface area contributed by atoms with E-state index >= 15 is 0 Å². The predicted octanol–water partition coefficient (Wildman–Crippen LogP) is 4.45. The van der Waals surface area contributed by atoms with Gasteiger partial charge in [-0.05, 0) is 50.4 Å². The number of benzene rings is 1. The lowest BCUT2D eigenvalue weighted by molar-refractivity contribution is 0.0165. The maximum atomic E-state index is 5.66. The zero-order chi connectivity index (χ0) is 15.1. The van der Waals surface area contributed by atoms with Crippen molar-refractivity contribution in [1.29, 1.82) is 0 Å². The molecular formula is C16H23Br2NO2. The molecule has 1 aromatic carbocycles. The molecule has 0 spiro atoms. The molecule has 1 fully saturated rings. The SMILES string of the molecule is CC(NCCCOCC1CCCO1)c1ccc(Br)cc1Br. The van der Waals surface area contributed by atoms with E-state index in [4.69, 9.17) is 9.47 Å². The fourth-order valence-electron chi connectivity index (χ4n) is 2.45. The maximum absolute atomic E-state index is 5.66. The van der Waals surface area contributed by atoms with Crippen LogP contribution in [0.15, 0.2) is 27.1 Å². The quantitative estimate of drug-likeness (QED) is 0.630. The summed E-state index contributed by atoms with van der Waals surface area (Å²) in [5.41, 5.74) is 1.28. The monoisotopic (exact) mass is 419 g/mol. The number of nitrogens with one attached hydrogen (secondary N) is 1. The molecule has 0 aliphatic carbocycles. The minimum atomic E-state index is 0.325. The Morgan fingerprint density at radius 2 is 2.29 bits per heavy atom. The molecule has 118 valence electrons. The van der Waals surface area contributed by atoms with Gasteiger partial charge in [0.1, 0.15) is 0 Å². The van der Waals surface area contributed by atoms with Crippen LogP contribution in [0.2, 0.25) is 0 Å². The molecule has 2 rings (SSSR count). The first-order valence-corrected chi connectivity index (χ1v) is 9.13. The molecule has 1 N–H and O–H groups in total. The maximum Gasteiger partial charge on any atom is 0.0809 e. The molecule has 2 atom stereocenters. The van der Waals surface area contributed by atoms with Crippen LogP contribution in [-0.2, 0) is 9.47 Å². The van der Waals surface area contributed by atoms with E-state index in [9.17, 15) is 0 Å². The summed E-state index contributed by atoms with van der Waals surface area (Å²) >= 11 is 7.09. The van der Waals surface area contributed by atoms with Gasteiger partial charge < -0.3 is 14.8 Å². The molecule has 0 amide bonds. The molecule has 1 aromatic rings. The number of rotatable bonds is 8. The number of ether oxygens (including phenoxy) is 2. The first-order chi connectivity index (χ1) is 10.2. The Balaban J connectivity index is 1.59. The zero-order valence-corrected chi connectivity index (χ0v) is 15.6. The molecule has 1 aliphatic heterocycles. The summed E-state index contributed by atoms with van der Waals surface area (Å²) in [6.45, 7) is 5.57. The summed E-state index contributed by atoms with van der Waals surface area (Å²) in [4.78, 5) is 0. The van der Waals surface area contributed by atoms with E-state index < -0.39 is 0 Å². The van der Waals surface area contributed by atoms with Gasteiger partial charge in [0.25, 0.3) is 0 Å². The minimum absolute atomic E-state index is 0.325. The van der Waals surface area contributed by atoms with Gasteiger partial charge in [-0.1, -0.05) is 37.9 Å². The van der Waals surface area contributed by atoms with Crippen molar-refractivity contribution in [3.05, 3.63) is 32.7 Å². The fourth-order valence-corrected chi connectivity index (χ4v) is 3.84. The number of hydrogen-bond donors (Lipinski definition) is 1. The highest BCUT2D eigenvalue weighted by atomic mass is 79.9. The lowest BCUT2D eigenvalue weighted by atomic mass is 10.1. The Labute approximate surface area is 144 Å². The van der Waals surface area contributed by atoms with Crippen LogP contribution in [0, 0.1) is 0 Å². The van der Waals surface area contributed by atoms with Crippen LogP contribution in [0.3, 0.4) is 0 Å². The Morgan fingerprint density at radius 1 is 1.43 bits per heavy atom. The van der Waals surface area contributed by atoms with Crippen molar-refractivity contribution in [2.24, 2.45) is 0 Å². The second-order valence-electron chi connectivity index (χ2n) is 5.41. The van der Waals surface area contributed by atoms with Gasteiger partial charge in [-0.3, -0.25) is 0 Å². The Bertz CT molecular complexity index is 436. The highest BCUT2D eigenvalue weighted by Crippen LogP contribution is 2.26. The van der Waals surface area contributed by atoms with Gasteiger partial charge in [-0.25, -0.2) is 0 Å². The molecule has 1 aliphatic rings. The van der Waals surface area contributed by atoms with Crippen molar-refractivity contribution in [2.75, 3.05) is 26.4 Å². The van der Waals surface area contributed by atoms with Gasteiger partial charge in [-0.15, -0.1) is 0 Å². The van der Waals surface area contributed by atoms with Crippen molar-refractivity contribution in [3.8, 4) is 0 Å². The summed E-state index contributed by atoms with van der Waals surface area (Å²) in [6, 6.07) is 6.62. The summed E-state index contributed by atoms with van der Waals surface area (Å²) in [7, 11) is 0. The van der Waals surface area contributed by atoms with E-state index in [0.717, 1.165) is 48.2 Å². The van der Waals surface area contributed by atoms with E-state index in [-0.39, 0.29) is 0 Å². The molecule has 5 heteroatoms. The molecule has 3 nitrogen and oxygen atoms in total. The Hall–Kier alpha value is 0.0600. The van der Waals surface area contributed by atoms with E-state index in [1.807, 2.05) is 0 Å². The average Bonchev–Trinajstić information content (AvgIpc) is 2.95. The zero-order valence-electron chi connectivity index (χ0n) is 12.4. The molecule has 1 saturated heterocycles. The minimum Gasteiger partial charge on any atom is -0.379 e. The smallest absolute Gasteiger partial charge is 0.0809 e. The molecular weight excluding hydrogens is 398 g/mol. The van der Waals surface area contributed by atoms with Crippen molar-refractivity contribution >= 4 is 31.9 Å². The summed E-state index contributed by atoms with van der Waals surface area (Å²) in [5.74, 6) is 0. The summed E-state index contributed by atoms with van der Waals surface area (Å²) < 4.78 is 13.4. The Kier molecular flexibility index (Phi) is 7.68. The van der Waals surface area contributed by atoms with Crippen LogP contribution in [0.5, 0.6) is 0 Å². The van der Waals surface area contributed by atoms with Gasteiger partial charge in [0.05, 0.1) is 12.7 Å². The van der Waals surface area contributed by atoms with Gasteiger partial charge in [0.15, 0.2) is 0 Å². The first kappa shape index (κ1) is 17.4. The molecule has 0 bridgehead atoms. The molecule has 2 unspecified atom stereocenters. The van der Waals surface area contributed by atoms with E-state index in [2.05, 4.69) is 62.3 Å². The van der Waals surface area contributed by atoms with Crippen LogP contribution in [0.25, 0.3) is 0 Å². The van der Waals surface area contributed by atoms with Crippen molar-refractivity contribution in [1.82, 2.24) is 5.32 Å². The van der Waals surface area contributed by atoms with Crippen LogP contribution in [-0.4, -0.2) is 32.5 Å². The third-order valence-corrected chi connectivity index (χ3v) is 4.85. The second kappa shape index (κ2) is 9.26. The van der Waals surface area contributed by atoms with Crippen LogP contribution in [0.4, 0.5) is 0 Å². The molecule has 0 aromatic heterocycles. The third kappa shape index (κ3) is 5.99. The van der Waals surface area contributed by atoms with E-state index in [1.54, 1.807) is 0 Å². The lowest BCUT2D eigenvalue weighted by Crippen LogP contribution is -2.22. The molecule has 0 saturated carbocycles. The topological polar surface area (TPSA) is 30.5 Å².